The van der Waals surface area contributed by atoms with Crippen LogP contribution in [0, 0.1) is 17.0 Å². The lowest BCUT2D eigenvalue weighted by atomic mass is 10.2. The van der Waals surface area contributed by atoms with Crippen LogP contribution in [0.5, 0.6) is 0 Å². The summed E-state index contributed by atoms with van der Waals surface area (Å²) in [4.78, 5) is 40.6. The zero-order chi connectivity index (χ0) is 22.0. The third-order valence-corrected chi connectivity index (χ3v) is 6.27. The van der Waals surface area contributed by atoms with Crippen LogP contribution < -0.4 is 5.56 Å². The van der Waals surface area contributed by atoms with Crippen LogP contribution in [0.25, 0.3) is 10.9 Å². The summed E-state index contributed by atoms with van der Waals surface area (Å²) in [7, 11) is 0. The number of nitrogens with zero attached hydrogens (tertiary/aromatic N) is 5. The van der Waals surface area contributed by atoms with E-state index < -0.39 is 23.2 Å². The van der Waals surface area contributed by atoms with Gasteiger partial charge in [-0.05, 0) is 25.1 Å². The molecule has 10 nitrogen and oxygen atoms in total. The highest BCUT2D eigenvalue weighted by Gasteiger charge is 2.20. The monoisotopic (exact) mass is 455 g/mol. The molecule has 0 fully saturated rings. The van der Waals surface area contributed by atoms with E-state index in [1.165, 1.54) is 35.2 Å². The van der Waals surface area contributed by atoms with Gasteiger partial charge in [0, 0.05) is 28.1 Å². The first-order chi connectivity index (χ1) is 14.9. The standard InChI is InChI=1S/C19H13N5O5S2/c1-11-9-30-19(20-11)31-16-7-6-12(24(27)28)8-14(16)18(26)29-10-23-17(25)13-4-2-3-5-15(13)21-22-23/h2-9H,10H2,1H3. The molecule has 0 N–H and O–H groups in total. The fourth-order valence-corrected chi connectivity index (χ4v) is 4.55. The number of nitro benzene ring substituents is 1. The highest BCUT2D eigenvalue weighted by molar-refractivity contribution is 8.01. The van der Waals surface area contributed by atoms with Crippen LogP contribution in [-0.4, -0.2) is 30.9 Å². The van der Waals surface area contributed by atoms with Gasteiger partial charge in [-0.2, -0.15) is 4.68 Å². The lowest BCUT2D eigenvalue weighted by molar-refractivity contribution is -0.384. The third kappa shape index (κ3) is 4.44. The minimum Gasteiger partial charge on any atom is -0.439 e. The van der Waals surface area contributed by atoms with Gasteiger partial charge in [-0.15, -0.1) is 16.4 Å². The van der Waals surface area contributed by atoms with E-state index in [0.717, 1.165) is 16.4 Å². The molecule has 0 aliphatic heterocycles. The molecule has 0 radical (unpaired) electrons. The van der Waals surface area contributed by atoms with Crippen molar-refractivity contribution in [2.45, 2.75) is 22.9 Å². The zero-order valence-corrected chi connectivity index (χ0v) is 17.6. The van der Waals surface area contributed by atoms with Crippen molar-refractivity contribution in [2.24, 2.45) is 0 Å². The van der Waals surface area contributed by atoms with Gasteiger partial charge in [0.05, 0.1) is 15.9 Å². The van der Waals surface area contributed by atoms with E-state index in [-0.39, 0.29) is 11.3 Å². The van der Waals surface area contributed by atoms with Crippen LogP contribution in [0.1, 0.15) is 16.1 Å². The van der Waals surface area contributed by atoms with E-state index in [1.807, 2.05) is 12.3 Å². The predicted octanol–water partition coefficient (Wildman–Crippen LogP) is 3.43. The summed E-state index contributed by atoms with van der Waals surface area (Å²) in [6, 6.07) is 10.6. The van der Waals surface area contributed by atoms with Crippen molar-refractivity contribution in [3.8, 4) is 0 Å². The minimum absolute atomic E-state index is 0.00569. The van der Waals surface area contributed by atoms with Gasteiger partial charge in [0.1, 0.15) is 5.52 Å². The summed E-state index contributed by atoms with van der Waals surface area (Å²) in [5.41, 5.74) is 0.521. The second-order valence-electron chi connectivity index (χ2n) is 6.27. The first-order valence-corrected chi connectivity index (χ1v) is 10.5. The SMILES string of the molecule is Cc1csc(Sc2ccc([N+](=O)[O-])cc2C(=O)OCn2nnc3ccccc3c2=O)n1. The van der Waals surface area contributed by atoms with Gasteiger partial charge < -0.3 is 4.74 Å². The maximum Gasteiger partial charge on any atom is 0.341 e. The van der Waals surface area contributed by atoms with Gasteiger partial charge in [0.2, 0.25) is 0 Å². The third-order valence-electron chi connectivity index (χ3n) is 4.14. The first-order valence-electron chi connectivity index (χ1n) is 8.80. The van der Waals surface area contributed by atoms with Gasteiger partial charge >= 0.3 is 5.97 Å². The van der Waals surface area contributed by atoms with E-state index >= 15 is 0 Å². The van der Waals surface area contributed by atoms with Crippen molar-refractivity contribution < 1.29 is 14.5 Å². The average Bonchev–Trinajstić information content (AvgIpc) is 3.18. The molecule has 0 bridgehead atoms. The molecule has 12 heteroatoms. The molecule has 0 atom stereocenters. The van der Waals surface area contributed by atoms with Crippen LogP contribution in [-0.2, 0) is 11.5 Å². The number of fused-ring (bicyclic) bond motifs is 1. The molecule has 2 aromatic heterocycles. The van der Waals surface area contributed by atoms with E-state index in [2.05, 4.69) is 15.3 Å². The van der Waals surface area contributed by atoms with Crippen LogP contribution >= 0.6 is 23.1 Å². The van der Waals surface area contributed by atoms with E-state index in [9.17, 15) is 19.7 Å². The van der Waals surface area contributed by atoms with E-state index in [0.29, 0.717) is 20.1 Å². The quantitative estimate of drug-likeness (QED) is 0.244. The Morgan fingerprint density at radius 1 is 1.29 bits per heavy atom. The molecule has 2 aromatic carbocycles. The Hall–Kier alpha value is -3.64. The number of aromatic nitrogens is 4. The fourth-order valence-electron chi connectivity index (χ4n) is 2.66. The Bertz CT molecular complexity index is 1370. The Balaban J connectivity index is 1.61. The van der Waals surface area contributed by atoms with E-state index in [1.54, 1.807) is 24.3 Å². The number of non-ortho nitro benzene ring substituents is 1. The maximum atomic E-state index is 12.7. The number of thiazole rings is 1. The summed E-state index contributed by atoms with van der Waals surface area (Å²) in [5.74, 6) is -0.832. The molecule has 0 unspecified atom stereocenters. The first kappa shape index (κ1) is 20.6. The molecule has 4 aromatic rings. The Morgan fingerprint density at radius 2 is 2.10 bits per heavy atom. The van der Waals surface area contributed by atoms with Crippen LogP contribution in [0.4, 0.5) is 5.69 Å². The van der Waals surface area contributed by atoms with Gasteiger partial charge in [-0.3, -0.25) is 14.9 Å². The number of esters is 1. The summed E-state index contributed by atoms with van der Waals surface area (Å²) in [6.07, 6.45) is 0. The smallest absolute Gasteiger partial charge is 0.341 e. The molecule has 31 heavy (non-hydrogen) atoms. The molecule has 0 amide bonds. The number of carbonyl (C=O) groups excluding carboxylic acids is 1. The molecule has 4 rings (SSSR count). The molecule has 0 aliphatic carbocycles. The Kier molecular flexibility index (Phi) is 5.73. The molecule has 0 saturated heterocycles. The molecule has 0 spiro atoms. The summed E-state index contributed by atoms with van der Waals surface area (Å²) in [5, 5.41) is 21.1. The van der Waals surface area contributed by atoms with Gasteiger partial charge in [-0.1, -0.05) is 29.1 Å². The van der Waals surface area contributed by atoms with Gasteiger partial charge in [-0.25, -0.2) is 9.78 Å². The largest absolute Gasteiger partial charge is 0.439 e. The van der Waals surface area contributed by atoms with Crippen molar-refractivity contribution in [3.63, 3.8) is 0 Å². The predicted molar refractivity (Wildman–Crippen MR) is 113 cm³/mol. The maximum absolute atomic E-state index is 12.7. The number of aryl methyl sites for hydroxylation is 1. The fraction of sp³-hybridized carbons (Fsp3) is 0.105. The van der Waals surface area contributed by atoms with Crippen LogP contribution in [0.3, 0.4) is 0 Å². The summed E-state index contributed by atoms with van der Waals surface area (Å²) < 4.78 is 6.82. The lowest BCUT2D eigenvalue weighted by Crippen LogP contribution is -2.26. The number of rotatable bonds is 6. The second-order valence-corrected chi connectivity index (χ2v) is 8.41. The van der Waals surface area contributed by atoms with E-state index in [4.69, 9.17) is 4.74 Å². The van der Waals surface area contributed by atoms with Crippen molar-refractivity contribution in [1.82, 2.24) is 20.0 Å². The van der Waals surface area contributed by atoms with Crippen LogP contribution in [0.2, 0.25) is 0 Å². The molecule has 156 valence electrons. The molecule has 0 saturated carbocycles. The van der Waals surface area contributed by atoms with Crippen molar-refractivity contribution >= 4 is 45.7 Å². The number of ether oxygens (including phenoxy) is 1. The highest BCUT2D eigenvalue weighted by atomic mass is 32.2. The van der Waals surface area contributed by atoms with Crippen molar-refractivity contribution in [2.75, 3.05) is 0 Å². The Morgan fingerprint density at radius 3 is 2.84 bits per heavy atom. The van der Waals surface area contributed by atoms with Gasteiger partial charge in [0.25, 0.3) is 11.2 Å². The molecule has 2 heterocycles. The van der Waals surface area contributed by atoms with Crippen LogP contribution in [0.15, 0.2) is 61.9 Å². The highest BCUT2D eigenvalue weighted by Crippen LogP contribution is 2.34. The lowest BCUT2D eigenvalue weighted by Gasteiger charge is -2.09. The number of benzene rings is 2. The number of nitro groups is 1. The van der Waals surface area contributed by atoms with Gasteiger partial charge in [0.15, 0.2) is 11.1 Å². The van der Waals surface area contributed by atoms with Crippen molar-refractivity contribution in [3.05, 3.63) is 79.6 Å². The van der Waals surface area contributed by atoms with Crippen molar-refractivity contribution in [1.29, 1.82) is 0 Å². The topological polar surface area (TPSA) is 130 Å². The number of hydrogen-bond acceptors (Lipinski definition) is 10. The molecular weight excluding hydrogens is 442 g/mol. The minimum atomic E-state index is -0.832. The average molecular weight is 455 g/mol. The number of hydrogen-bond donors (Lipinski definition) is 0. The number of carbonyl (C=O) groups is 1. The zero-order valence-electron chi connectivity index (χ0n) is 15.9. The summed E-state index contributed by atoms with van der Waals surface area (Å²) in [6.45, 7) is 1.35. The normalized spacial score (nSPS) is 10.9. The second kappa shape index (κ2) is 8.62. The molecular formula is C19H13N5O5S2. The molecule has 0 aliphatic rings. The summed E-state index contributed by atoms with van der Waals surface area (Å²) >= 11 is 2.59. The Labute approximate surface area is 182 Å².